The van der Waals surface area contributed by atoms with Crippen molar-refractivity contribution in [3.63, 3.8) is 0 Å². The Bertz CT molecular complexity index is 1090. The predicted molar refractivity (Wildman–Crippen MR) is 136 cm³/mol. The number of rotatable bonds is 12. The number of benzene rings is 1. The van der Waals surface area contributed by atoms with Gasteiger partial charge in [0.15, 0.2) is 0 Å². The monoisotopic (exact) mass is 494 g/mol. The van der Waals surface area contributed by atoms with Crippen molar-refractivity contribution in [3.05, 3.63) is 82.2 Å². The molecule has 1 aromatic carbocycles. The van der Waals surface area contributed by atoms with E-state index >= 15 is 0 Å². The Labute approximate surface area is 209 Å². The Morgan fingerprint density at radius 2 is 1.86 bits per heavy atom. The van der Waals surface area contributed by atoms with Crippen LogP contribution >= 0.6 is 11.3 Å². The van der Waals surface area contributed by atoms with Gasteiger partial charge in [-0.15, -0.1) is 11.3 Å². The molecule has 0 fully saturated rings. The molecule has 0 saturated carbocycles. The molecule has 0 aliphatic heterocycles. The van der Waals surface area contributed by atoms with E-state index in [1.165, 1.54) is 11.3 Å². The lowest BCUT2D eigenvalue weighted by Gasteiger charge is -2.31. The maximum Gasteiger partial charge on any atom is 0.247 e. The quantitative estimate of drug-likeness (QED) is 0.374. The van der Waals surface area contributed by atoms with Gasteiger partial charge in [-0.25, -0.2) is 4.98 Å². The molecule has 0 spiro atoms. The van der Waals surface area contributed by atoms with Crippen LogP contribution in [-0.2, 0) is 25.7 Å². The molecule has 1 atom stereocenters. The Hall–Kier alpha value is -3.56. The number of ether oxygens (including phenoxy) is 1. The number of amides is 3. The largest absolute Gasteiger partial charge is 0.383 e. The van der Waals surface area contributed by atoms with Gasteiger partial charge in [0.2, 0.25) is 17.7 Å². The van der Waals surface area contributed by atoms with Crippen LogP contribution in [0.4, 0.5) is 5.82 Å². The molecule has 0 aliphatic rings. The first-order valence-electron chi connectivity index (χ1n) is 11.3. The fourth-order valence-electron chi connectivity index (χ4n) is 3.49. The van der Waals surface area contributed by atoms with E-state index in [-0.39, 0.29) is 37.1 Å². The lowest BCUT2D eigenvalue weighted by molar-refractivity contribution is -0.142. The van der Waals surface area contributed by atoms with Crippen molar-refractivity contribution in [2.24, 2.45) is 0 Å². The number of carbonyl (C=O) groups excluding carboxylic acids is 3. The molecule has 0 aliphatic carbocycles. The molecule has 3 amide bonds. The number of aryl methyl sites for hydroxylation is 1. The standard InChI is InChI=1S/C26H30N4O4S/c1-19-8-10-20(11-9-19)25(26(33)28-15-16-34-2)30(18-21-6-5-17-35-21)24(32)13-12-23(31)29-22-7-3-4-14-27-22/h3-11,14,17,25H,12-13,15-16,18H2,1-2H3,(H,28,33)(H,27,29,31)/t25-/m1/s1. The van der Waals surface area contributed by atoms with Crippen LogP contribution < -0.4 is 10.6 Å². The van der Waals surface area contributed by atoms with Crippen LogP contribution in [0.1, 0.15) is 34.9 Å². The summed E-state index contributed by atoms with van der Waals surface area (Å²) in [5.41, 5.74) is 1.75. The smallest absolute Gasteiger partial charge is 0.247 e. The summed E-state index contributed by atoms with van der Waals surface area (Å²) in [5, 5.41) is 7.49. The zero-order valence-electron chi connectivity index (χ0n) is 19.9. The van der Waals surface area contributed by atoms with Crippen LogP contribution in [0.3, 0.4) is 0 Å². The van der Waals surface area contributed by atoms with E-state index in [1.807, 2.05) is 48.7 Å². The third-order valence-corrected chi connectivity index (χ3v) is 6.14. The second kappa shape index (κ2) is 13.4. The second-order valence-corrected chi connectivity index (χ2v) is 8.99. The average molecular weight is 495 g/mol. The van der Waals surface area contributed by atoms with Gasteiger partial charge in [0, 0.05) is 37.6 Å². The highest BCUT2D eigenvalue weighted by Gasteiger charge is 2.31. The molecule has 8 nitrogen and oxygen atoms in total. The Kier molecular flexibility index (Phi) is 9.94. The molecule has 9 heteroatoms. The number of nitrogens with zero attached hydrogens (tertiary/aromatic N) is 2. The number of nitrogens with one attached hydrogen (secondary N) is 2. The lowest BCUT2D eigenvalue weighted by atomic mass is 10.0. The summed E-state index contributed by atoms with van der Waals surface area (Å²) in [6, 6.07) is 15.7. The van der Waals surface area contributed by atoms with E-state index in [1.54, 1.807) is 36.4 Å². The summed E-state index contributed by atoms with van der Waals surface area (Å²) in [5.74, 6) is -0.476. The summed E-state index contributed by atoms with van der Waals surface area (Å²) >= 11 is 1.51. The maximum absolute atomic E-state index is 13.5. The minimum Gasteiger partial charge on any atom is -0.383 e. The number of pyridine rings is 1. The van der Waals surface area contributed by atoms with Gasteiger partial charge in [-0.3, -0.25) is 14.4 Å². The number of anilines is 1. The highest BCUT2D eigenvalue weighted by atomic mass is 32.1. The van der Waals surface area contributed by atoms with Gasteiger partial charge in [0.05, 0.1) is 13.2 Å². The molecule has 2 heterocycles. The van der Waals surface area contributed by atoms with Gasteiger partial charge >= 0.3 is 0 Å². The van der Waals surface area contributed by atoms with Crippen LogP contribution in [0.2, 0.25) is 0 Å². The molecular formula is C26H30N4O4S. The van der Waals surface area contributed by atoms with Gasteiger partial charge in [-0.05, 0) is 36.1 Å². The van der Waals surface area contributed by atoms with Gasteiger partial charge < -0.3 is 20.3 Å². The van der Waals surface area contributed by atoms with E-state index in [0.717, 1.165) is 10.4 Å². The number of hydrogen-bond donors (Lipinski definition) is 2. The van der Waals surface area contributed by atoms with Crippen LogP contribution in [0, 0.1) is 6.92 Å². The van der Waals surface area contributed by atoms with Crippen molar-refractivity contribution in [2.45, 2.75) is 32.4 Å². The minimum atomic E-state index is -0.846. The minimum absolute atomic E-state index is 0.0255. The van der Waals surface area contributed by atoms with Crippen molar-refractivity contribution in [3.8, 4) is 0 Å². The van der Waals surface area contributed by atoms with E-state index < -0.39 is 6.04 Å². The van der Waals surface area contributed by atoms with Crippen LogP contribution in [0.15, 0.2) is 66.2 Å². The van der Waals surface area contributed by atoms with E-state index in [0.29, 0.717) is 24.5 Å². The summed E-state index contributed by atoms with van der Waals surface area (Å²) in [6.45, 7) is 2.91. The maximum atomic E-state index is 13.5. The fourth-order valence-corrected chi connectivity index (χ4v) is 4.20. The first-order valence-corrected chi connectivity index (χ1v) is 12.2. The van der Waals surface area contributed by atoms with Crippen molar-refractivity contribution in [1.29, 1.82) is 0 Å². The molecule has 3 aromatic rings. The Morgan fingerprint density at radius 1 is 1.06 bits per heavy atom. The molecule has 0 unspecified atom stereocenters. The lowest BCUT2D eigenvalue weighted by Crippen LogP contribution is -2.44. The van der Waals surface area contributed by atoms with Gasteiger partial charge in [-0.2, -0.15) is 0 Å². The van der Waals surface area contributed by atoms with Crippen LogP contribution in [0.5, 0.6) is 0 Å². The molecule has 35 heavy (non-hydrogen) atoms. The predicted octanol–water partition coefficient (Wildman–Crippen LogP) is 3.70. The summed E-state index contributed by atoms with van der Waals surface area (Å²) in [6.07, 6.45) is 1.51. The number of methoxy groups -OCH3 is 1. The van der Waals surface area contributed by atoms with Crippen LogP contribution in [0.25, 0.3) is 0 Å². The number of hydrogen-bond acceptors (Lipinski definition) is 6. The van der Waals surface area contributed by atoms with Crippen LogP contribution in [-0.4, -0.2) is 47.9 Å². The molecule has 0 saturated heterocycles. The number of carbonyl (C=O) groups is 3. The average Bonchev–Trinajstić information content (AvgIpc) is 3.37. The molecule has 2 aromatic heterocycles. The van der Waals surface area contributed by atoms with Crippen molar-refractivity contribution >= 4 is 34.9 Å². The third-order valence-electron chi connectivity index (χ3n) is 5.28. The molecule has 0 radical (unpaired) electrons. The number of thiophene rings is 1. The SMILES string of the molecule is COCCNC(=O)[C@@H](c1ccc(C)cc1)N(Cc1cccs1)C(=O)CCC(=O)Nc1ccccn1. The van der Waals surface area contributed by atoms with Crippen molar-refractivity contribution < 1.29 is 19.1 Å². The third kappa shape index (κ3) is 8.01. The molecular weight excluding hydrogens is 464 g/mol. The molecule has 3 rings (SSSR count). The zero-order chi connectivity index (χ0) is 25.0. The van der Waals surface area contributed by atoms with Gasteiger partial charge in [0.1, 0.15) is 11.9 Å². The summed E-state index contributed by atoms with van der Waals surface area (Å²) in [4.78, 5) is 45.8. The topological polar surface area (TPSA) is 101 Å². The first-order chi connectivity index (χ1) is 17.0. The normalized spacial score (nSPS) is 11.5. The zero-order valence-corrected chi connectivity index (χ0v) is 20.7. The molecule has 2 N–H and O–H groups in total. The van der Waals surface area contributed by atoms with Crippen molar-refractivity contribution in [1.82, 2.24) is 15.2 Å². The number of aromatic nitrogens is 1. The summed E-state index contributed by atoms with van der Waals surface area (Å²) in [7, 11) is 1.56. The van der Waals surface area contributed by atoms with E-state index in [9.17, 15) is 14.4 Å². The van der Waals surface area contributed by atoms with Gasteiger partial charge in [-0.1, -0.05) is 42.0 Å². The summed E-state index contributed by atoms with van der Waals surface area (Å²) < 4.78 is 5.06. The molecule has 184 valence electrons. The first kappa shape index (κ1) is 26.1. The molecule has 0 bridgehead atoms. The van der Waals surface area contributed by atoms with Crippen molar-refractivity contribution in [2.75, 3.05) is 25.6 Å². The van der Waals surface area contributed by atoms with E-state index in [2.05, 4.69) is 15.6 Å². The Balaban J connectivity index is 1.81. The van der Waals surface area contributed by atoms with E-state index in [4.69, 9.17) is 4.74 Å². The second-order valence-electron chi connectivity index (χ2n) is 7.96. The van der Waals surface area contributed by atoms with Gasteiger partial charge in [0.25, 0.3) is 0 Å². The Morgan fingerprint density at radius 3 is 2.51 bits per heavy atom. The highest BCUT2D eigenvalue weighted by molar-refractivity contribution is 7.09. The highest BCUT2D eigenvalue weighted by Crippen LogP contribution is 2.26. The fraction of sp³-hybridized carbons (Fsp3) is 0.308.